The van der Waals surface area contributed by atoms with E-state index in [0.29, 0.717) is 18.8 Å². The predicted octanol–water partition coefficient (Wildman–Crippen LogP) is 2.50. The zero-order valence-corrected chi connectivity index (χ0v) is 19.7. The van der Waals surface area contributed by atoms with Gasteiger partial charge in [-0.1, -0.05) is 0 Å². The second-order valence-electron chi connectivity index (χ2n) is 8.82. The maximum Gasteiger partial charge on any atom is 0.410 e. The molecule has 0 radical (unpaired) electrons. The van der Waals surface area contributed by atoms with Crippen molar-refractivity contribution in [2.45, 2.75) is 38.8 Å². The fourth-order valence-electron chi connectivity index (χ4n) is 3.69. The Kier molecular flexibility index (Phi) is 7.47. The lowest BCUT2D eigenvalue weighted by Crippen LogP contribution is -2.38. The van der Waals surface area contributed by atoms with Crippen molar-refractivity contribution >= 4 is 29.4 Å². The summed E-state index contributed by atoms with van der Waals surface area (Å²) in [4.78, 5) is 40.1. The summed E-state index contributed by atoms with van der Waals surface area (Å²) in [7, 11) is 2.50. The van der Waals surface area contributed by atoms with Crippen LogP contribution in [-0.2, 0) is 28.5 Å². The lowest BCUT2D eigenvalue weighted by Gasteiger charge is -2.31. The highest BCUT2D eigenvalue weighted by Gasteiger charge is 2.33. The molecule has 0 bridgehead atoms. The fraction of sp³-hybridized carbons (Fsp3) is 0.522. The Bertz CT molecular complexity index is 921. The lowest BCUT2D eigenvalue weighted by molar-refractivity contribution is -0.140. The molecule has 180 valence electrons. The summed E-state index contributed by atoms with van der Waals surface area (Å²) < 4.78 is 20.6. The third kappa shape index (κ3) is 5.95. The second kappa shape index (κ2) is 10.1. The van der Waals surface area contributed by atoms with Crippen LogP contribution < -0.4 is 10.2 Å². The van der Waals surface area contributed by atoms with Gasteiger partial charge < -0.3 is 34.1 Å². The Labute approximate surface area is 193 Å². The largest absolute Gasteiger partial charge is 0.466 e. The summed E-state index contributed by atoms with van der Waals surface area (Å²) in [6.07, 6.45) is 0.495. The van der Waals surface area contributed by atoms with Crippen LogP contribution in [0.5, 0.6) is 0 Å². The molecule has 0 aromatic heterocycles. The summed E-state index contributed by atoms with van der Waals surface area (Å²) in [5, 5.41) is 3.42. The molecule has 1 aromatic rings. The average Bonchev–Trinajstić information content (AvgIpc) is 3.25. The van der Waals surface area contributed by atoms with Crippen molar-refractivity contribution in [1.82, 2.24) is 4.90 Å². The standard InChI is InChI=1S/C23H31N3O7/c1-23(2,3)33-22(29)25-11-10-16(12-25)24-15-6-8-17(9-7-15)26-14-32-13-18(20(27)30-4)19(26)21(28)31-5/h6-9,16,24H,10-14H2,1-5H3. The zero-order chi connectivity index (χ0) is 24.2. The van der Waals surface area contributed by atoms with E-state index >= 15 is 0 Å². The van der Waals surface area contributed by atoms with Gasteiger partial charge in [-0.05, 0) is 51.5 Å². The minimum atomic E-state index is -0.644. The van der Waals surface area contributed by atoms with E-state index in [1.807, 2.05) is 45.0 Å². The SMILES string of the molecule is COC(=O)C1=C(C(=O)OC)N(c2ccc(NC3CCN(C(=O)OC(C)(C)C)C3)cc2)COC1. The minimum Gasteiger partial charge on any atom is -0.466 e. The average molecular weight is 462 g/mol. The molecular weight excluding hydrogens is 430 g/mol. The number of esters is 2. The quantitative estimate of drug-likeness (QED) is 0.523. The van der Waals surface area contributed by atoms with E-state index in [4.69, 9.17) is 18.9 Å². The van der Waals surface area contributed by atoms with E-state index in [9.17, 15) is 14.4 Å². The Morgan fingerprint density at radius 1 is 1.06 bits per heavy atom. The van der Waals surface area contributed by atoms with Crippen molar-refractivity contribution in [2.24, 2.45) is 0 Å². The summed E-state index contributed by atoms with van der Waals surface area (Å²) in [5.41, 5.74) is 1.20. The number of carbonyl (C=O) groups excluding carboxylic acids is 3. The molecule has 2 heterocycles. The number of amides is 1. The van der Waals surface area contributed by atoms with Crippen LogP contribution >= 0.6 is 0 Å². The molecule has 1 atom stereocenters. The highest BCUT2D eigenvalue weighted by Crippen LogP contribution is 2.28. The molecule has 1 saturated heterocycles. The van der Waals surface area contributed by atoms with Crippen molar-refractivity contribution < 1.29 is 33.3 Å². The Morgan fingerprint density at radius 3 is 2.33 bits per heavy atom. The maximum absolute atomic E-state index is 12.4. The van der Waals surface area contributed by atoms with Gasteiger partial charge in [0, 0.05) is 30.5 Å². The van der Waals surface area contributed by atoms with E-state index in [1.54, 1.807) is 9.80 Å². The van der Waals surface area contributed by atoms with E-state index < -0.39 is 17.5 Å². The first-order valence-electron chi connectivity index (χ1n) is 10.7. The van der Waals surface area contributed by atoms with Crippen LogP contribution in [0.1, 0.15) is 27.2 Å². The van der Waals surface area contributed by atoms with Gasteiger partial charge in [0.15, 0.2) is 0 Å². The van der Waals surface area contributed by atoms with Crippen LogP contribution in [0.3, 0.4) is 0 Å². The number of carbonyl (C=O) groups is 3. The van der Waals surface area contributed by atoms with Gasteiger partial charge in [-0.2, -0.15) is 0 Å². The fourth-order valence-corrected chi connectivity index (χ4v) is 3.69. The van der Waals surface area contributed by atoms with E-state index in [0.717, 1.165) is 12.1 Å². The molecule has 0 aliphatic carbocycles. The van der Waals surface area contributed by atoms with E-state index in [2.05, 4.69) is 5.32 Å². The first-order valence-corrected chi connectivity index (χ1v) is 10.7. The van der Waals surface area contributed by atoms with Crippen molar-refractivity contribution in [3.05, 3.63) is 35.5 Å². The number of likely N-dealkylation sites (tertiary alicyclic amines) is 1. The first kappa shape index (κ1) is 24.4. The molecule has 1 unspecified atom stereocenters. The third-order valence-corrected chi connectivity index (χ3v) is 5.22. The molecule has 1 amide bonds. The van der Waals surface area contributed by atoms with Crippen molar-refractivity contribution in [3.8, 4) is 0 Å². The summed E-state index contributed by atoms with van der Waals surface area (Å²) in [6, 6.07) is 7.46. The summed E-state index contributed by atoms with van der Waals surface area (Å²) in [6.45, 7) is 6.77. The molecule has 0 saturated carbocycles. The minimum absolute atomic E-state index is 0.0386. The molecule has 1 aromatic carbocycles. The molecule has 0 spiro atoms. The predicted molar refractivity (Wildman–Crippen MR) is 121 cm³/mol. The summed E-state index contributed by atoms with van der Waals surface area (Å²) >= 11 is 0. The number of methoxy groups -OCH3 is 2. The van der Waals surface area contributed by atoms with Crippen LogP contribution in [-0.4, -0.2) is 75.2 Å². The zero-order valence-electron chi connectivity index (χ0n) is 19.7. The number of benzene rings is 1. The number of anilines is 2. The molecule has 2 aliphatic heterocycles. The Hall–Kier alpha value is -3.27. The number of rotatable bonds is 5. The van der Waals surface area contributed by atoms with Crippen LogP contribution in [0.4, 0.5) is 16.2 Å². The van der Waals surface area contributed by atoms with Crippen LogP contribution in [0.25, 0.3) is 0 Å². The second-order valence-corrected chi connectivity index (χ2v) is 8.82. The molecule has 1 fully saturated rings. The van der Waals surface area contributed by atoms with Gasteiger partial charge in [-0.15, -0.1) is 0 Å². The number of hydrogen-bond donors (Lipinski definition) is 1. The molecule has 10 nitrogen and oxygen atoms in total. The maximum atomic E-state index is 12.4. The van der Waals surface area contributed by atoms with Crippen molar-refractivity contribution in [1.29, 1.82) is 0 Å². The number of nitrogens with one attached hydrogen (secondary N) is 1. The highest BCUT2D eigenvalue weighted by molar-refractivity contribution is 6.03. The Morgan fingerprint density at radius 2 is 1.73 bits per heavy atom. The van der Waals surface area contributed by atoms with Crippen LogP contribution in [0.15, 0.2) is 35.5 Å². The number of hydrogen-bond acceptors (Lipinski definition) is 9. The monoisotopic (exact) mass is 461 g/mol. The van der Waals surface area contributed by atoms with E-state index in [1.165, 1.54) is 14.2 Å². The van der Waals surface area contributed by atoms with Gasteiger partial charge >= 0.3 is 18.0 Å². The first-order chi connectivity index (χ1) is 15.6. The van der Waals surface area contributed by atoms with Crippen molar-refractivity contribution in [3.63, 3.8) is 0 Å². The van der Waals surface area contributed by atoms with Crippen molar-refractivity contribution in [2.75, 3.05) is 50.9 Å². The van der Waals surface area contributed by atoms with Gasteiger partial charge in [0.2, 0.25) is 0 Å². The van der Waals surface area contributed by atoms with Gasteiger partial charge in [0.25, 0.3) is 0 Å². The van der Waals surface area contributed by atoms with Gasteiger partial charge in [0.05, 0.1) is 26.4 Å². The van der Waals surface area contributed by atoms with Crippen LogP contribution in [0, 0.1) is 0 Å². The van der Waals surface area contributed by atoms with Gasteiger partial charge in [-0.3, -0.25) is 0 Å². The Balaban J connectivity index is 1.69. The van der Waals surface area contributed by atoms with E-state index in [-0.39, 0.29) is 36.7 Å². The topological polar surface area (TPSA) is 107 Å². The molecule has 10 heteroatoms. The smallest absolute Gasteiger partial charge is 0.410 e. The molecule has 3 rings (SSSR count). The number of nitrogens with zero attached hydrogens (tertiary/aromatic N) is 2. The third-order valence-electron chi connectivity index (χ3n) is 5.22. The number of ether oxygens (including phenoxy) is 4. The van der Waals surface area contributed by atoms with Gasteiger partial charge in [-0.25, -0.2) is 14.4 Å². The lowest BCUT2D eigenvalue weighted by atomic mass is 10.1. The molecular formula is C23H31N3O7. The van der Waals surface area contributed by atoms with Gasteiger partial charge in [0.1, 0.15) is 18.0 Å². The highest BCUT2D eigenvalue weighted by atomic mass is 16.6. The molecule has 2 aliphatic rings. The normalized spacial score (nSPS) is 18.8. The summed E-state index contributed by atoms with van der Waals surface area (Å²) in [5.74, 6) is -1.29. The molecule has 33 heavy (non-hydrogen) atoms. The molecule has 1 N–H and O–H groups in total. The van der Waals surface area contributed by atoms with Crippen LogP contribution in [0.2, 0.25) is 0 Å².